The molecule has 12 aromatic rings. The highest BCUT2D eigenvalue weighted by molar-refractivity contribution is 6.22. The van der Waals surface area contributed by atoms with E-state index in [0.717, 1.165) is 27.6 Å². The van der Waals surface area contributed by atoms with Gasteiger partial charge in [-0.05, 0) is 105 Å². The number of aromatic nitrogens is 4. The molecule has 0 radical (unpaired) electrons. The van der Waals surface area contributed by atoms with Crippen molar-refractivity contribution in [2.75, 3.05) is 0 Å². The second-order valence-electron chi connectivity index (χ2n) is 15.1. The monoisotopic (exact) mass is 738 g/mol. The van der Waals surface area contributed by atoms with E-state index in [0.29, 0.717) is 5.95 Å². The zero-order valence-electron chi connectivity index (χ0n) is 31.4. The lowest BCUT2D eigenvalue weighted by molar-refractivity contribution is 1.01. The van der Waals surface area contributed by atoms with Gasteiger partial charge in [-0.1, -0.05) is 140 Å². The van der Waals surface area contributed by atoms with Gasteiger partial charge in [0.25, 0.3) is 0 Å². The lowest BCUT2D eigenvalue weighted by atomic mass is 9.97. The van der Waals surface area contributed by atoms with Crippen molar-refractivity contribution in [2.45, 2.75) is 0 Å². The standard InChI is InChI=1S/C54H34N4/c1-3-13-35(14-4-1)41-29-42(36-15-5-2-6-16-36)31-43(30-41)57-49-21-11-8-18-44(49)47-33-39(26-27-51(47)57)38-24-23-37-25-28-52-53(46(37)32-38)45-19-9-12-22-50(45)58(52)54-55-34-40-17-7-10-20-48(40)56-54/h1-34H. The smallest absolute Gasteiger partial charge is 0.235 e. The molecular weight excluding hydrogens is 705 g/mol. The van der Waals surface area contributed by atoms with E-state index in [1.807, 2.05) is 24.4 Å². The molecule has 12 rings (SSSR count). The number of hydrogen-bond donors (Lipinski definition) is 0. The van der Waals surface area contributed by atoms with Gasteiger partial charge in [-0.3, -0.25) is 4.57 Å². The summed E-state index contributed by atoms with van der Waals surface area (Å²) in [5, 5.41) is 8.28. The van der Waals surface area contributed by atoms with Gasteiger partial charge < -0.3 is 4.57 Å². The van der Waals surface area contributed by atoms with E-state index < -0.39 is 0 Å². The molecule has 0 saturated heterocycles. The first kappa shape index (κ1) is 32.4. The summed E-state index contributed by atoms with van der Waals surface area (Å²) in [6.07, 6.45) is 1.92. The van der Waals surface area contributed by atoms with Gasteiger partial charge in [0.2, 0.25) is 5.95 Å². The van der Waals surface area contributed by atoms with Crippen molar-refractivity contribution in [3.8, 4) is 45.0 Å². The number of fused-ring (bicyclic) bond motifs is 9. The SMILES string of the molecule is c1ccc(-c2cc(-c3ccccc3)cc(-n3c4ccccc4c4cc(-c5ccc6ccc7c(c6c5)c5ccccc5n7-c5ncc6ccccc6n5)ccc43)c2)cc1. The summed E-state index contributed by atoms with van der Waals surface area (Å²) in [7, 11) is 0. The zero-order valence-corrected chi connectivity index (χ0v) is 31.4. The quantitative estimate of drug-likeness (QED) is 0.176. The molecule has 58 heavy (non-hydrogen) atoms. The molecule has 0 spiro atoms. The number of hydrogen-bond acceptors (Lipinski definition) is 2. The topological polar surface area (TPSA) is 35.6 Å². The fraction of sp³-hybridized carbons (Fsp3) is 0. The van der Waals surface area contributed by atoms with Crippen LogP contribution in [0.15, 0.2) is 206 Å². The summed E-state index contributed by atoms with van der Waals surface area (Å²) in [5.74, 6) is 0.674. The van der Waals surface area contributed by atoms with Crippen LogP contribution in [0.25, 0.3) is 110 Å². The molecular formula is C54H34N4. The van der Waals surface area contributed by atoms with Crippen LogP contribution in [0.4, 0.5) is 0 Å². The van der Waals surface area contributed by atoms with Crippen molar-refractivity contribution in [3.63, 3.8) is 0 Å². The third-order valence-corrected chi connectivity index (χ3v) is 11.7. The molecule has 270 valence electrons. The summed E-state index contributed by atoms with van der Waals surface area (Å²) in [5.41, 5.74) is 13.7. The Morgan fingerprint density at radius 2 is 0.897 bits per heavy atom. The minimum Gasteiger partial charge on any atom is -0.309 e. The molecule has 0 amide bonds. The number of benzene rings is 9. The second kappa shape index (κ2) is 12.9. The second-order valence-corrected chi connectivity index (χ2v) is 15.1. The molecule has 0 unspecified atom stereocenters. The molecule has 0 aliphatic carbocycles. The molecule has 4 heteroatoms. The van der Waals surface area contributed by atoms with E-state index >= 15 is 0 Å². The Kier molecular flexibility index (Phi) is 7.20. The number of nitrogens with zero attached hydrogens (tertiary/aromatic N) is 4. The molecule has 0 bridgehead atoms. The Labute approximate surface area is 334 Å². The van der Waals surface area contributed by atoms with Crippen LogP contribution in [0, 0.1) is 0 Å². The highest BCUT2D eigenvalue weighted by Crippen LogP contribution is 2.41. The maximum absolute atomic E-state index is 5.03. The summed E-state index contributed by atoms with van der Waals surface area (Å²) in [6.45, 7) is 0. The highest BCUT2D eigenvalue weighted by Gasteiger charge is 2.19. The third kappa shape index (κ3) is 5.09. The summed E-state index contributed by atoms with van der Waals surface area (Å²) in [6, 6.07) is 72.2. The van der Waals surface area contributed by atoms with Crippen molar-refractivity contribution < 1.29 is 0 Å². The van der Waals surface area contributed by atoms with E-state index in [-0.39, 0.29) is 0 Å². The lowest BCUT2D eigenvalue weighted by Crippen LogP contribution is -2.00. The van der Waals surface area contributed by atoms with Crippen LogP contribution in [0.2, 0.25) is 0 Å². The zero-order chi connectivity index (χ0) is 38.2. The van der Waals surface area contributed by atoms with Crippen molar-refractivity contribution in [1.82, 2.24) is 19.1 Å². The predicted octanol–water partition coefficient (Wildman–Crippen LogP) is 14.0. The van der Waals surface area contributed by atoms with E-state index in [9.17, 15) is 0 Å². The molecule has 3 aromatic heterocycles. The van der Waals surface area contributed by atoms with Gasteiger partial charge in [0.15, 0.2) is 0 Å². The summed E-state index contributed by atoms with van der Waals surface area (Å²) < 4.78 is 4.64. The van der Waals surface area contributed by atoms with E-state index in [2.05, 4.69) is 191 Å². The number of rotatable bonds is 5. The Balaban J connectivity index is 1.05. The summed E-state index contributed by atoms with van der Waals surface area (Å²) in [4.78, 5) is 9.89. The first-order valence-electron chi connectivity index (χ1n) is 19.7. The van der Waals surface area contributed by atoms with E-state index in [1.54, 1.807) is 0 Å². The first-order valence-corrected chi connectivity index (χ1v) is 19.7. The Bertz CT molecular complexity index is 3500. The first-order chi connectivity index (χ1) is 28.7. The van der Waals surface area contributed by atoms with E-state index in [1.165, 1.54) is 76.7 Å². The van der Waals surface area contributed by atoms with Crippen molar-refractivity contribution in [2.24, 2.45) is 0 Å². The van der Waals surface area contributed by atoms with Gasteiger partial charge in [0.1, 0.15) is 0 Å². The Morgan fingerprint density at radius 3 is 1.66 bits per heavy atom. The van der Waals surface area contributed by atoms with Gasteiger partial charge in [-0.25, -0.2) is 9.97 Å². The molecule has 0 aliphatic rings. The fourth-order valence-corrected chi connectivity index (χ4v) is 9.02. The summed E-state index contributed by atoms with van der Waals surface area (Å²) >= 11 is 0. The molecule has 0 fully saturated rings. The average Bonchev–Trinajstić information content (AvgIpc) is 3.82. The molecule has 4 nitrogen and oxygen atoms in total. The Hall–Kier alpha value is -7.82. The van der Waals surface area contributed by atoms with Crippen LogP contribution in [0.3, 0.4) is 0 Å². The fourth-order valence-electron chi connectivity index (χ4n) is 9.02. The normalized spacial score (nSPS) is 11.8. The van der Waals surface area contributed by atoms with Crippen LogP contribution < -0.4 is 0 Å². The van der Waals surface area contributed by atoms with Crippen LogP contribution in [0.1, 0.15) is 0 Å². The predicted molar refractivity (Wildman–Crippen MR) is 242 cm³/mol. The van der Waals surface area contributed by atoms with Gasteiger partial charge in [0, 0.05) is 38.8 Å². The van der Waals surface area contributed by atoms with E-state index in [4.69, 9.17) is 9.97 Å². The molecule has 0 atom stereocenters. The van der Waals surface area contributed by atoms with Crippen LogP contribution in [0.5, 0.6) is 0 Å². The average molecular weight is 739 g/mol. The van der Waals surface area contributed by atoms with Gasteiger partial charge in [0.05, 0.1) is 27.6 Å². The molecule has 0 saturated carbocycles. The minimum absolute atomic E-state index is 0.674. The van der Waals surface area contributed by atoms with Crippen LogP contribution in [-0.4, -0.2) is 19.1 Å². The van der Waals surface area contributed by atoms with Crippen molar-refractivity contribution >= 4 is 65.3 Å². The van der Waals surface area contributed by atoms with Gasteiger partial charge in [-0.2, -0.15) is 0 Å². The molecule has 3 heterocycles. The van der Waals surface area contributed by atoms with Crippen LogP contribution in [-0.2, 0) is 0 Å². The molecule has 0 N–H and O–H groups in total. The number of para-hydroxylation sites is 3. The third-order valence-electron chi connectivity index (χ3n) is 11.7. The van der Waals surface area contributed by atoms with Crippen molar-refractivity contribution in [3.05, 3.63) is 206 Å². The Morgan fingerprint density at radius 1 is 0.328 bits per heavy atom. The van der Waals surface area contributed by atoms with Crippen molar-refractivity contribution in [1.29, 1.82) is 0 Å². The molecule has 0 aliphatic heterocycles. The van der Waals surface area contributed by atoms with Crippen LogP contribution >= 0.6 is 0 Å². The molecule has 9 aromatic carbocycles. The van der Waals surface area contributed by atoms with Gasteiger partial charge in [-0.15, -0.1) is 0 Å². The lowest BCUT2D eigenvalue weighted by Gasteiger charge is -2.14. The van der Waals surface area contributed by atoms with Gasteiger partial charge >= 0.3 is 0 Å². The minimum atomic E-state index is 0.674. The highest BCUT2D eigenvalue weighted by atomic mass is 15.2. The maximum Gasteiger partial charge on any atom is 0.235 e. The maximum atomic E-state index is 5.03. The largest absolute Gasteiger partial charge is 0.309 e.